The van der Waals surface area contributed by atoms with Crippen molar-refractivity contribution < 1.29 is 9.53 Å². The Hall–Kier alpha value is -2.45. The number of halogens is 1. The predicted octanol–water partition coefficient (Wildman–Crippen LogP) is 3.41. The van der Waals surface area contributed by atoms with Crippen LogP contribution in [0.4, 0.5) is 0 Å². The number of hydrogen-bond acceptors (Lipinski definition) is 5. The average molecular weight is 458 g/mol. The van der Waals surface area contributed by atoms with Gasteiger partial charge in [-0.05, 0) is 29.1 Å². The topological polar surface area (TPSA) is 63.6 Å². The molecule has 1 N–H and O–H groups in total. The van der Waals surface area contributed by atoms with Crippen molar-refractivity contribution in [1.82, 2.24) is 14.8 Å². The second-order valence-electron chi connectivity index (χ2n) is 7.36. The minimum Gasteiger partial charge on any atom is -0.379 e. The zero-order valence-electron chi connectivity index (χ0n) is 17.0. The lowest BCUT2D eigenvalue weighted by atomic mass is 10.1. The van der Waals surface area contributed by atoms with Crippen molar-refractivity contribution in [3.8, 4) is 0 Å². The molecule has 1 aromatic carbocycles. The Kier molecular flexibility index (Phi) is 7.19. The molecule has 1 aliphatic heterocycles. The molecular weight excluding hydrogens is 434 g/mol. The fraction of sp³-hybridized carbons (Fsp3) is 0.304. The summed E-state index contributed by atoms with van der Waals surface area (Å²) < 4.78 is 6.99. The Bertz CT molecular complexity index is 1080. The number of ether oxygens (including phenoxy) is 1. The van der Waals surface area contributed by atoms with E-state index < -0.39 is 0 Å². The molecule has 1 aliphatic rings. The number of hydrogen-bond donors (Lipinski definition) is 1. The van der Waals surface area contributed by atoms with Crippen LogP contribution in [0.15, 0.2) is 64.9 Å². The highest BCUT2D eigenvalue weighted by Crippen LogP contribution is 2.25. The van der Waals surface area contributed by atoms with E-state index in [1.54, 1.807) is 29.7 Å². The van der Waals surface area contributed by atoms with Crippen molar-refractivity contribution in [2.24, 2.45) is 0 Å². The molecule has 1 amide bonds. The number of carbonyl (C=O) groups excluding carboxylic acids is 1. The Labute approximate surface area is 190 Å². The number of pyridine rings is 1. The van der Waals surface area contributed by atoms with Crippen LogP contribution >= 0.6 is 22.9 Å². The number of amides is 1. The van der Waals surface area contributed by atoms with Gasteiger partial charge in [0.15, 0.2) is 0 Å². The number of benzene rings is 1. The Morgan fingerprint density at radius 1 is 1.13 bits per heavy atom. The zero-order valence-corrected chi connectivity index (χ0v) is 18.6. The maximum absolute atomic E-state index is 12.9. The molecule has 0 aliphatic carbocycles. The monoisotopic (exact) mass is 457 g/mol. The van der Waals surface area contributed by atoms with Crippen LogP contribution in [-0.4, -0.2) is 48.2 Å². The van der Waals surface area contributed by atoms with Crippen LogP contribution in [0.25, 0.3) is 0 Å². The number of aromatic nitrogens is 1. The van der Waals surface area contributed by atoms with Crippen molar-refractivity contribution in [2.45, 2.75) is 12.6 Å². The fourth-order valence-electron chi connectivity index (χ4n) is 3.67. The third-order valence-corrected chi connectivity index (χ3v) is 6.70. The highest BCUT2D eigenvalue weighted by atomic mass is 35.5. The van der Waals surface area contributed by atoms with Gasteiger partial charge in [0.05, 0.1) is 31.4 Å². The number of morpholine rings is 1. The van der Waals surface area contributed by atoms with Gasteiger partial charge in [-0.3, -0.25) is 14.5 Å². The molecule has 0 radical (unpaired) electrons. The lowest BCUT2D eigenvalue weighted by molar-refractivity contribution is 0.0169. The zero-order chi connectivity index (χ0) is 21.6. The molecule has 31 heavy (non-hydrogen) atoms. The molecule has 3 heterocycles. The molecule has 0 spiro atoms. The summed E-state index contributed by atoms with van der Waals surface area (Å²) >= 11 is 7.92. The van der Waals surface area contributed by atoms with Crippen molar-refractivity contribution in [1.29, 1.82) is 0 Å². The first-order valence-corrected chi connectivity index (χ1v) is 11.4. The van der Waals surface area contributed by atoms with Crippen molar-refractivity contribution in [3.05, 3.63) is 91.5 Å². The van der Waals surface area contributed by atoms with E-state index in [0.29, 0.717) is 36.9 Å². The SMILES string of the molecule is O=C(NCC(c1cccs1)N1CCOCC1)c1ccc(=O)n(Cc2ccccc2Cl)c1. The van der Waals surface area contributed by atoms with Crippen LogP contribution in [0.1, 0.15) is 26.8 Å². The first kappa shape index (κ1) is 21.8. The van der Waals surface area contributed by atoms with Gasteiger partial charge >= 0.3 is 0 Å². The van der Waals surface area contributed by atoms with Gasteiger partial charge in [0, 0.05) is 41.8 Å². The standard InChI is InChI=1S/C23H24ClN3O3S/c24-19-5-2-1-4-17(19)15-27-16-18(7-8-22(27)28)23(29)25-14-20(21-6-3-13-31-21)26-9-11-30-12-10-26/h1-8,13,16,20H,9-12,14-15H2,(H,25,29). The van der Waals surface area contributed by atoms with Gasteiger partial charge in [0.2, 0.25) is 0 Å². The van der Waals surface area contributed by atoms with E-state index in [2.05, 4.69) is 21.7 Å². The summed E-state index contributed by atoms with van der Waals surface area (Å²) in [5.74, 6) is -0.206. The second kappa shape index (κ2) is 10.2. The van der Waals surface area contributed by atoms with Gasteiger partial charge in [-0.2, -0.15) is 0 Å². The Morgan fingerprint density at radius 2 is 1.94 bits per heavy atom. The molecule has 1 unspecified atom stereocenters. The normalized spacial score (nSPS) is 15.5. The van der Waals surface area contributed by atoms with Crippen molar-refractivity contribution >= 4 is 28.8 Å². The lowest BCUT2D eigenvalue weighted by Gasteiger charge is -2.34. The summed E-state index contributed by atoms with van der Waals surface area (Å²) in [4.78, 5) is 28.8. The molecule has 1 fully saturated rings. The molecule has 1 saturated heterocycles. The largest absolute Gasteiger partial charge is 0.379 e. The van der Waals surface area contributed by atoms with E-state index >= 15 is 0 Å². The van der Waals surface area contributed by atoms with Gasteiger partial charge in [-0.15, -0.1) is 11.3 Å². The van der Waals surface area contributed by atoms with Crippen molar-refractivity contribution in [2.75, 3.05) is 32.8 Å². The van der Waals surface area contributed by atoms with E-state index in [1.807, 2.05) is 24.3 Å². The minimum absolute atomic E-state index is 0.0990. The summed E-state index contributed by atoms with van der Waals surface area (Å²) in [6.07, 6.45) is 1.59. The predicted molar refractivity (Wildman–Crippen MR) is 123 cm³/mol. The van der Waals surface area contributed by atoms with Gasteiger partial charge in [-0.25, -0.2) is 0 Å². The molecule has 1 atom stereocenters. The van der Waals surface area contributed by atoms with Crippen molar-refractivity contribution in [3.63, 3.8) is 0 Å². The fourth-order valence-corrected chi connectivity index (χ4v) is 4.73. The molecule has 0 saturated carbocycles. The van der Waals surface area contributed by atoms with Crippen LogP contribution in [-0.2, 0) is 11.3 Å². The van der Waals surface area contributed by atoms with E-state index in [1.165, 1.54) is 15.5 Å². The first-order valence-electron chi connectivity index (χ1n) is 10.2. The number of thiophene rings is 1. The molecule has 4 rings (SSSR count). The number of nitrogens with one attached hydrogen (secondary N) is 1. The summed E-state index contributed by atoms with van der Waals surface area (Å²) in [6, 6.07) is 14.6. The number of rotatable bonds is 7. The summed E-state index contributed by atoms with van der Waals surface area (Å²) in [6.45, 7) is 3.86. The van der Waals surface area contributed by atoms with E-state index in [-0.39, 0.29) is 17.5 Å². The third kappa shape index (κ3) is 5.43. The molecule has 2 aromatic heterocycles. The van der Waals surface area contributed by atoms with E-state index in [9.17, 15) is 9.59 Å². The molecular formula is C23H24ClN3O3S. The van der Waals surface area contributed by atoms with Crippen LogP contribution in [0.2, 0.25) is 5.02 Å². The Morgan fingerprint density at radius 3 is 2.68 bits per heavy atom. The first-order chi connectivity index (χ1) is 15.1. The number of carbonyl (C=O) groups is 1. The van der Waals surface area contributed by atoms with Gasteiger partial charge < -0.3 is 14.6 Å². The van der Waals surface area contributed by atoms with E-state index in [4.69, 9.17) is 16.3 Å². The lowest BCUT2D eigenvalue weighted by Crippen LogP contribution is -2.43. The third-order valence-electron chi connectivity index (χ3n) is 5.36. The quantitative estimate of drug-likeness (QED) is 0.590. The average Bonchev–Trinajstić information content (AvgIpc) is 3.32. The van der Waals surface area contributed by atoms with E-state index in [0.717, 1.165) is 18.7 Å². The van der Waals surface area contributed by atoms with Crippen LogP contribution in [0.5, 0.6) is 0 Å². The molecule has 8 heteroatoms. The maximum Gasteiger partial charge on any atom is 0.252 e. The summed E-state index contributed by atoms with van der Waals surface area (Å²) in [7, 11) is 0. The highest BCUT2D eigenvalue weighted by molar-refractivity contribution is 7.10. The Balaban J connectivity index is 1.47. The molecule has 6 nitrogen and oxygen atoms in total. The number of nitrogens with zero attached hydrogens (tertiary/aromatic N) is 2. The van der Waals surface area contributed by atoms with Crippen LogP contribution in [0.3, 0.4) is 0 Å². The van der Waals surface area contributed by atoms with Crippen LogP contribution in [0, 0.1) is 0 Å². The summed E-state index contributed by atoms with van der Waals surface area (Å²) in [5, 5.41) is 5.69. The summed E-state index contributed by atoms with van der Waals surface area (Å²) in [5.41, 5.74) is 1.09. The smallest absolute Gasteiger partial charge is 0.252 e. The van der Waals surface area contributed by atoms with Gasteiger partial charge in [0.1, 0.15) is 0 Å². The van der Waals surface area contributed by atoms with Gasteiger partial charge in [0.25, 0.3) is 11.5 Å². The highest BCUT2D eigenvalue weighted by Gasteiger charge is 2.24. The second-order valence-corrected chi connectivity index (χ2v) is 8.75. The van der Waals surface area contributed by atoms with Gasteiger partial charge in [-0.1, -0.05) is 35.9 Å². The minimum atomic E-state index is -0.206. The maximum atomic E-state index is 12.9. The molecule has 0 bridgehead atoms. The molecule has 3 aromatic rings. The van der Waals surface area contributed by atoms with Crippen LogP contribution < -0.4 is 10.9 Å². The molecule has 162 valence electrons.